The number of likely N-dealkylation sites (tertiary alicyclic amines) is 1. The fourth-order valence-corrected chi connectivity index (χ4v) is 2.33. The van der Waals surface area contributed by atoms with E-state index in [2.05, 4.69) is 4.90 Å². The van der Waals surface area contributed by atoms with Gasteiger partial charge >= 0.3 is 0 Å². The van der Waals surface area contributed by atoms with Crippen LogP contribution in [-0.4, -0.2) is 56.8 Å². The highest BCUT2D eigenvalue weighted by molar-refractivity contribution is 5.82. The van der Waals surface area contributed by atoms with Crippen LogP contribution >= 0.6 is 0 Å². The van der Waals surface area contributed by atoms with Crippen molar-refractivity contribution in [3.05, 3.63) is 0 Å². The summed E-state index contributed by atoms with van der Waals surface area (Å²) >= 11 is 0. The van der Waals surface area contributed by atoms with Gasteiger partial charge in [-0.2, -0.15) is 0 Å². The maximum absolute atomic E-state index is 7.53. The molecule has 0 aromatic heterocycles. The van der Waals surface area contributed by atoms with Crippen molar-refractivity contribution in [3.63, 3.8) is 0 Å². The average Bonchev–Trinajstić information content (AvgIpc) is 2.71. The molecule has 0 aromatic rings. The summed E-state index contributed by atoms with van der Waals surface area (Å²) in [5, 5.41) is 7.53. The molecule has 0 radical (unpaired) electrons. The van der Waals surface area contributed by atoms with Crippen molar-refractivity contribution in [2.24, 2.45) is 11.1 Å². The van der Waals surface area contributed by atoms with Gasteiger partial charge in [0.1, 0.15) is 0 Å². The van der Waals surface area contributed by atoms with Gasteiger partial charge in [0.2, 0.25) is 0 Å². The second-order valence-electron chi connectivity index (χ2n) is 5.71. The molecule has 1 rings (SSSR count). The number of hydrogen-bond acceptors (Lipinski definition) is 4. The van der Waals surface area contributed by atoms with Crippen LogP contribution in [0, 0.1) is 10.8 Å². The number of nitrogens with one attached hydrogen (secondary N) is 1. The summed E-state index contributed by atoms with van der Waals surface area (Å²) in [5.74, 6) is 0.272. The van der Waals surface area contributed by atoms with Crippen LogP contribution in [0.2, 0.25) is 0 Å². The standard InChI is InChI=1S/C13H27N3O2/c1-13(2,12(14)15)6-5-7-16-8-10(17-3)11(9-16)18-4/h10-11H,5-9H2,1-4H3,(H3,14,15). The molecule has 1 saturated heterocycles. The number of ether oxygens (including phenoxy) is 2. The molecule has 0 aliphatic carbocycles. The molecular weight excluding hydrogens is 230 g/mol. The van der Waals surface area contributed by atoms with Crippen molar-refractivity contribution in [2.45, 2.75) is 38.9 Å². The number of amidine groups is 1. The molecule has 5 heteroatoms. The molecule has 1 aliphatic heterocycles. The summed E-state index contributed by atoms with van der Waals surface area (Å²) < 4.78 is 10.8. The lowest BCUT2D eigenvalue weighted by atomic mass is 9.86. The number of methoxy groups -OCH3 is 2. The first-order chi connectivity index (χ1) is 8.40. The van der Waals surface area contributed by atoms with Crippen molar-refractivity contribution < 1.29 is 9.47 Å². The van der Waals surface area contributed by atoms with Gasteiger partial charge in [-0.3, -0.25) is 10.3 Å². The van der Waals surface area contributed by atoms with E-state index >= 15 is 0 Å². The third-order valence-electron chi connectivity index (χ3n) is 3.90. The molecule has 1 fully saturated rings. The van der Waals surface area contributed by atoms with Gasteiger partial charge < -0.3 is 15.2 Å². The van der Waals surface area contributed by atoms with Crippen molar-refractivity contribution in [3.8, 4) is 0 Å². The number of nitrogens with zero attached hydrogens (tertiary/aromatic N) is 1. The van der Waals surface area contributed by atoms with Gasteiger partial charge in [-0.25, -0.2) is 0 Å². The first kappa shape index (κ1) is 15.4. The molecule has 1 aliphatic rings. The second kappa shape index (κ2) is 6.50. The zero-order valence-electron chi connectivity index (χ0n) is 12.0. The first-order valence-corrected chi connectivity index (χ1v) is 6.53. The van der Waals surface area contributed by atoms with Crippen LogP contribution < -0.4 is 5.73 Å². The Balaban J connectivity index is 2.31. The Morgan fingerprint density at radius 1 is 1.28 bits per heavy atom. The van der Waals surface area contributed by atoms with Crippen LogP contribution in [-0.2, 0) is 9.47 Å². The van der Waals surface area contributed by atoms with E-state index in [1.807, 2.05) is 13.8 Å². The Morgan fingerprint density at radius 3 is 2.17 bits per heavy atom. The van der Waals surface area contributed by atoms with E-state index < -0.39 is 0 Å². The van der Waals surface area contributed by atoms with Crippen LogP contribution in [0.1, 0.15) is 26.7 Å². The molecule has 2 unspecified atom stereocenters. The van der Waals surface area contributed by atoms with E-state index in [1.54, 1.807) is 14.2 Å². The predicted octanol–water partition coefficient (Wildman–Crippen LogP) is 1.07. The number of rotatable bonds is 7. The van der Waals surface area contributed by atoms with E-state index in [0.29, 0.717) is 0 Å². The molecule has 0 bridgehead atoms. The average molecular weight is 257 g/mol. The largest absolute Gasteiger partial charge is 0.387 e. The smallest absolute Gasteiger partial charge is 0.0971 e. The van der Waals surface area contributed by atoms with E-state index in [4.69, 9.17) is 20.6 Å². The Morgan fingerprint density at radius 2 is 1.78 bits per heavy atom. The summed E-state index contributed by atoms with van der Waals surface area (Å²) in [6.07, 6.45) is 2.33. The molecule has 1 heterocycles. The minimum absolute atomic E-state index is 0.177. The van der Waals surface area contributed by atoms with Gasteiger partial charge in [0.15, 0.2) is 0 Å². The lowest BCUT2D eigenvalue weighted by molar-refractivity contribution is -0.00461. The van der Waals surface area contributed by atoms with Crippen LogP contribution in [0.25, 0.3) is 0 Å². The molecule has 0 saturated carbocycles. The van der Waals surface area contributed by atoms with Crippen LogP contribution in [0.5, 0.6) is 0 Å². The van der Waals surface area contributed by atoms with Crippen LogP contribution in [0.4, 0.5) is 0 Å². The van der Waals surface area contributed by atoms with Gasteiger partial charge in [-0.15, -0.1) is 0 Å². The minimum atomic E-state index is -0.193. The Kier molecular flexibility index (Phi) is 5.56. The van der Waals surface area contributed by atoms with Crippen LogP contribution in [0.15, 0.2) is 0 Å². The third-order valence-corrected chi connectivity index (χ3v) is 3.90. The SMILES string of the molecule is COC1CN(CCCC(C)(C)C(=N)N)CC1OC. The molecule has 0 amide bonds. The quantitative estimate of drug-likeness (QED) is 0.529. The lowest BCUT2D eigenvalue weighted by Crippen LogP contribution is -2.32. The predicted molar refractivity (Wildman–Crippen MR) is 73.0 cm³/mol. The molecule has 3 N–H and O–H groups in total. The summed E-state index contributed by atoms with van der Waals surface area (Å²) in [6, 6.07) is 0. The van der Waals surface area contributed by atoms with Crippen molar-refractivity contribution >= 4 is 5.84 Å². The van der Waals surface area contributed by atoms with E-state index in [0.717, 1.165) is 32.5 Å². The highest BCUT2D eigenvalue weighted by Gasteiger charge is 2.32. The van der Waals surface area contributed by atoms with Crippen molar-refractivity contribution in [2.75, 3.05) is 33.9 Å². The normalized spacial score (nSPS) is 25.6. The summed E-state index contributed by atoms with van der Waals surface area (Å²) in [6.45, 7) is 6.91. The number of nitrogens with two attached hydrogens (primary N) is 1. The zero-order valence-corrected chi connectivity index (χ0v) is 12.0. The third kappa shape index (κ3) is 3.93. The second-order valence-corrected chi connectivity index (χ2v) is 5.71. The molecular formula is C13H27N3O2. The van der Waals surface area contributed by atoms with Gasteiger partial charge in [0, 0.05) is 32.7 Å². The maximum Gasteiger partial charge on any atom is 0.0971 e. The maximum atomic E-state index is 7.53. The fourth-order valence-electron chi connectivity index (χ4n) is 2.33. The molecule has 0 spiro atoms. The summed E-state index contributed by atoms with van der Waals surface area (Å²) in [5.41, 5.74) is 5.39. The lowest BCUT2D eigenvalue weighted by Gasteiger charge is -2.24. The fraction of sp³-hybridized carbons (Fsp3) is 0.923. The van der Waals surface area contributed by atoms with Gasteiger partial charge in [0.05, 0.1) is 18.0 Å². The monoisotopic (exact) mass is 257 g/mol. The van der Waals surface area contributed by atoms with Crippen molar-refractivity contribution in [1.82, 2.24) is 4.90 Å². The first-order valence-electron chi connectivity index (χ1n) is 6.53. The molecule has 2 atom stereocenters. The topological polar surface area (TPSA) is 71.6 Å². The Hall–Kier alpha value is -0.650. The molecule has 18 heavy (non-hydrogen) atoms. The Bertz CT molecular complexity index is 269. The summed E-state index contributed by atoms with van der Waals surface area (Å²) in [7, 11) is 3.47. The van der Waals surface area contributed by atoms with E-state index in [1.165, 1.54) is 0 Å². The van der Waals surface area contributed by atoms with E-state index in [-0.39, 0.29) is 23.5 Å². The van der Waals surface area contributed by atoms with Crippen molar-refractivity contribution in [1.29, 1.82) is 5.41 Å². The molecule has 106 valence electrons. The molecule has 0 aromatic carbocycles. The van der Waals surface area contributed by atoms with E-state index in [9.17, 15) is 0 Å². The van der Waals surface area contributed by atoms with Gasteiger partial charge in [-0.1, -0.05) is 13.8 Å². The summed E-state index contributed by atoms with van der Waals surface area (Å²) in [4.78, 5) is 2.36. The highest BCUT2D eigenvalue weighted by Crippen LogP contribution is 2.23. The highest BCUT2D eigenvalue weighted by atomic mass is 16.5. The number of hydrogen-bond donors (Lipinski definition) is 2. The Labute approximate surface area is 110 Å². The molecule has 5 nitrogen and oxygen atoms in total. The van der Waals surface area contributed by atoms with Gasteiger partial charge in [-0.05, 0) is 19.4 Å². The zero-order chi connectivity index (χ0) is 13.8. The minimum Gasteiger partial charge on any atom is -0.387 e. The van der Waals surface area contributed by atoms with Gasteiger partial charge in [0.25, 0.3) is 0 Å². The van der Waals surface area contributed by atoms with Crippen LogP contribution in [0.3, 0.4) is 0 Å².